The Morgan fingerprint density at radius 1 is 1.30 bits per heavy atom. The Kier molecular flexibility index (Phi) is 4.46. The van der Waals surface area contributed by atoms with E-state index >= 15 is 0 Å². The molecule has 0 aliphatic carbocycles. The number of aryl methyl sites for hydroxylation is 1. The summed E-state index contributed by atoms with van der Waals surface area (Å²) in [5.41, 5.74) is 4.13. The van der Waals surface area contributed by atoms with Gasteiger partial charge in [-0.05, 0) is 37.6 Å². The molecule has 1 aromatic heterocycles. The average molecular weight is 310 g/mol. The first kappa shape index (κ1) is 15.3. The van der Waals surface area contributed by atoms with E-state index in [4.69, 9.17) is 0 Å². The third-order valence-electron chi connectivity index (χ3n) is 4.01. The number of nitrogens with zero attached hydrogens (tertiary/aromatic N) is 3. The molecule has 1 aliphatic heterocycles. The number of aromatic nitrogens is 2. The molecule has 120 valence electrons. The molecule has 0 fully saturated rings. The van der Waals surface area contributed by atoms with E-state index in [0.717, 1.165) is 42.9 Å². The molecule has 5 heteroatoms. The lowest BCUT2D eigenvalue weighted by molar-refractivity contribution is 0.0766. The second-order valence-corrected chi connectivity index (χ2v) is 6.02. The molecule has 0 saturated heterocycles. The van der Waals surface area contributed by atoms with Crippen molar-refractivity contribution in [1.29, 1.82) is 0 Å². The summed E-state index contributed by atoms with van der Waals surface area (Å²) >= 11 is 0. The van der Waals surface area contributed by atoms with Gasteiger partial charge in [-0.25, -0.2) is 0 Å². The lowest BCUT2D eigenvalue weighted by Gasteiger charge is -2.26. The van der Waals surface area contributed by atoms with Crippen LogP contribution in [0.25, 0.3) is 0 Å². The smallest absolute Gasteiger partial charge is 0.254 e. The van der Waals surface area contributed by atoms with Gasteiger partial charge in [-0.15, -0.1) is 0 Å². The largest absolute Gasteiger partial charge is 0.381 e. The number of hydrogen-bond acceptors (Lipinski definition) is 3. The highest BCUT2D eigenvalue weighted by atomic mass is 16.2. The maximum Gasteiger partial charge on any atom is 0.254 e. The zero-order valence-electron chi connectivity index (χ0n) is 13.6. The molecule has 5 nitrogen and oxygen atoms in total. The molecule has 0 spiro atoms. The van der Waals surface area contributed by atoms with Crippen molar-refractivity contribution in [2.45, 2.75) is 19.9 Å². The van der Waals surface area contributed by atoms with E-state index in [9.17, 15) is 4.79 Å². The van der Waals surface area contributed by atoms with Crippen LogP contribution in [0.15, 0.2) is 48.3 Å². The molecule has 0 saturated carbocycles. The molecule has 0 radical (unpaired) electrons. The van der Waals surface area contributed by atoms with Crippen molar-refractivity contribution in [2.75, 3.05) is 18.4 Å². The standard InChI is InChI=1S/C18H22N4O/c1-14-4-3-9-22(12-14)18(23)16-5-7-17(8-6-16)19-10-15-11-20-21(2)13-15/h4-8,11,13,19H,3,9-10,12H2,1-2H3. The lowest BCUT2D eigenvalue weighted by atomic mass is 10.1. The number of hydrogen-bond donors (Lipinski definition) is 1. The minimum Gasteiger partial charge on any atom is -0.381 e. The van der Waals surface area contributed by atoms with Crippen LogP contribution >= 0.6 is 0 Å². The van der Waals surface area contributed by atoms with Crippen LogP contribution in [0.4, 0.5) is 5.69 Å². The molecule has 2 heterocycles. The van der Waals surface area contributed by atoms with Gasteiger partial charge in [-0.1, -0.05) is 11.6 Å². The molecule has 0 bridgehead atoms. The van der Waals surface area contributed by atoms with E-state index < -0.39 is 0 Å². The average Bonchev–Trinajstić information content (AvgIpc) is 2.98. The highest BCUT2D eigenvalue weighted by Gasteiger charge is 2.17. The van der Waals surface area contributed by atoms with E-state index in [2.05, 4.69) is 23.4 Å². The first-order valence-electron chi connectivity index (χ1n) is 7.88. The molecule has 1 N–H and O–H groups in total. The third-order valence-corrected chi connectivity index (χ3v) is 4.01. The fraction of sp³-hybridized carbons (Fsp3) is 0.333. The number of carbonyl (C=O) groups excluding carboxylic acids is 1. The molecule has 0 atom stereocenters. The van der Waals surface area contributed by atoms with Crippen molar-refractivity contribution in [3.05, 3.63) is 59.4 Å². The number of anilines is 1. The molecule has 1 aliphatic rings. The Morgan fingerprint density at radius 2 is 2.09 bits per heavy atom. The van der Waals surface area contributed by atoms with Crippen molar-refractivity contribution in [2.24, 2.45) is 7.05 Å². The Balaban J connectivity index is 1.60. The number of carbonyl (C=O) groups is 1. The molecule has 23 heavy (non-hydrogen) atoms. The van der Waals surface area contributed by atoms with Gasteiger partial charge in [0.15, 0.2) is 0 Å². The first-order chi connectivity index (χ1) is 11.1. The van der Waals surface area contributed by atoms with Crippen LogP contribution in [0.5, 0.6) is 0 Å². The van der Waals surface area contributed by atoms with Crippen LogP contribution in [0.2, 0.25) is 0 Å². The van der Waals surface area contributed by atoms with Crippen LogP contribution < -0.4 is 5.32 Å². The van der Waals surface area contributed by atoms with E-state index in [1.165, 1.54) is 5.57 Å². The summed E-state index contributed by atoms with van der Waals surface area (Å²) in [6.07, 6.45) is 6.98. The number of amides is 1. The predicted octanol–water partition coefficient (Wildman–Crippen LogP) is 2.82. The number of benzene rings is 1. The zero-order chi connectivity index (χ0) is 16.2. The SMILES string of the molecule is CC1=CCCN(C(=O)c2ccc(NCc3cnn(C)c3)cc2)C1. The second kappa shape index (κ2) is 6.69. The Morgan fingerprint density at radius 3 is 2.74 bits per heavy atom. The summed E-state index contributed by atoms with van der Waals surface area (Å²) in [5, 5.41) is 7.49. The van der Waals surface area contributed by atoms with Gasteiger partial charge in [0.2, 0.25) is 0 Å². The van der Waals surface area contributed by atoms with Gasteiger partial charge in [-0.2, -0.15) is 5.10 Å². The maximum absolute atomic E-state index is 12.5. The lowest BCUT2D eigenvalue weighted by Crippen LogP contribution is -2.35. The highest BCUT2D eigenvalue weighted by Crippen LogP contribution is 2.16. The summed E-state index contributed by atoms with van der Waals surface area (Å²) in [6.45, 7) is 4.33. The summed E-state index contributed by atoms with van der Waals surface area (Å²) in [6, 6.07) is 7.69. The minimum absolute atomic E-state index is 0.108. The topological polar surface area (TPSA) is 50.2 Å². The van der Waals surface area contributed by atoms with Crippen LogP contribution in [0.3, 0.4) is 0 Å². The van der Waals surface area contributed by atoms with Gasteiger partial charge < -0.3 is 10.2 Å². The van der Waals surface area contributed by atoms with Gasteiger partial charge in [0.05, 0.1) is 6.20 Å². The predicted molar refractivity (Wildman–Crippen MR) is 91.3 cm³/mol. The molecule has 2 aromatic rings. The van der Waals surface area contributed by atoms with E-state index in [1.807, 2.05) is 48.6 Å². The molecular formula is C18H22N4O. The summed E-state index contributed by atoms with van der Waals surface area (Å²) < 4.78 is 1.79. The van der Waals surface area contributed by atoms with Crippen LogP contribution in [-0.4, -0.2) is 33.7 Å². The van der Waals surface area contributed by atoms with Gasteiger partial charge >= 0.3 is 0 Å². The molecule has 0 unspecified atom stereocenters. The summed E-state index contributed by atoms with van der Waals surface area (Å²) in [7, 11) is 1.90. The van der Waals surface area contributed by atoms with Crippen LogP contribution in [0.1, 0.15) is 29.3 Å². The molecule has 1 aromatic carbocycles. The van der Waals surface area contributed by atoms with Gasteiger partial charge in [-0.3, -0.25) is 9.48 Å². The summed E-state index contributed by atoms with van der Waals surface area (Å²) in [4.78, 5) is 14.4. The van der Waals surface area contributed by atoms with Gasteiger partial charge in [0, 0.05) is 49.7 Å². The minimum atomic E-state index is 0.108. The van der Waals surface area contributed by atoms with Gasteiger partial charge in [0.1, 0.15) is 0 Å². The van der Waals surface area contributed by atoms with E-state index in [1.54, 1.807) is 4.68 Å². The zero-order valence-corrected chi connectivity index (χ0v) is 13.6. The van der Waals surface area contributed by atoms with Crippen molar-refractivity contribution < 1.29 is 4.79 Å². The first-order valence-corrected chi connectivity index (χ1v) is 7.88. The Bertz CT molecular complexity index is 715. The van der Waals surface area contributed by atoms with Crippen molar-refractivity contribution in [1.82, 2.24) is 14.7 Å². The number of rotatable bonds is 4. The Labute approximate surface area is 136 Å². The molecule has 3 rings (SSSR count). The molecular weight excluding hydrogens is 288 g/mol. The monoisotopic (exact) mass is 310 g/mol. The van der Waals surface area contributed by atoms with Crippen molar-refractivity contribution >= 4 is 11.6 Å². The van der Waals surface area contributed by atoms with Crippen molar-refractivity contribution in [3.8, 4) is 0 Å². The number of nitrogens with one attached hydrogen (secondary N) is 1. The van der Waals surface area contributed by atoms with Crippen LogP contribution in [-0.2, 0) is 13.6 Å². The van der Waals surface area contributed by atoms with Crippen LogP contribution in [0, 0.1) is 0 Å². The summed E-state index contributed by atoms with van der Waals surface area (Å²) in [5.74, 6) is 0.108. The third kappa shape index (κ3) is 3.80. The van der Waals surface area contributed by atoms with E-state index in [-0.39, 0.29) is 5.91 Å². The second-order valence-electron chi connectivity index (χ2n) is 6.02. The van der Waals surface area contributed by atoms with E-state index in [0.29, 0.717) is 0 Å². The van der Waals surface area contributed by atoms with Crippen molar-refractivity contribution in [3.63, 3.8) is 0 Å². The Hall–Kier alpha value is -2.56. The fourth-order valence-electron chi connectivity index (χ4n) is 2.77. The fourth-order valence-corrected chi connectivity index (χ4v) is 2.77. The normalized spacial score (nSPS) is 14.5. The quantitative estimate of drug-likeness (QED) is 0.884. The highest BCUT2D eigenvalue weighted by molar-refractivity contribution is 5.94. The van der Waals surface area contributed by atoms with Gasteiger partial charge in [0.25, 0.3) is 5.91 Å². The maximum atomic E-state index is 12.5. The molecule has 1 amide bonds.